The van der Waals surface area contributed by atoms with Gasteiger partial charge in [0.2, 0.25) is 0 Å². The highest BCUT2D eigenvalue weighted by atomic mass is 35.5. The normalized spacial score (nSPS) is 13.5. The lowest BCUT2D eigenvalue weighted by atomic mass is 9.93. The van der Waals surface area contributed by atoms with Gasteiger partial charge in [-0.2, -0.15) is 0 Å². The molecule has 1 rings (SSSR count). The van der Waals surface area contributed by atoms with E-state index >= 15 is 0 Å². The van der Waals surface area contributed by atoms with Crippen LogP contribution < -0.4 is 5.32 Å². The third-order valence-corrected chi connectivity index (χ3v) is 3.21. The van der Waals surface area contributed by atoms with E-state index in [1.54, 1.807) is 0 Å². The Morgan fingerprint density at radius 2 is 2.05 bits per heavy atom. The van der Waals surface area contributed by atoms with Crippen molar-refractivity contribution in [2.45, 2.75) is 40.2 Å². The summed E-state index contributed by atoms with van der Waals surface area (Å²) >= 11 is 6.05. The average Bonchev–Trinajstić information content (AvgIpc) is 2.32. The van der Waals surface area contributed by atoms with Crippen molar-refractivity contribution in [2.24, 2.45) is 5.41 Å². The highest BCUT2D eigenvalue weighted by molar-refractivity contribution is 6.30. The molecular formula is C16H26ClNO. The van der Waals surface area contributed by atoms with E-state index in [0.29, 0.717) is 5.41 Å². The molecule has 1 aromatic rings. The minimum Gasteiger partial charge on any atom is -0.372 e. The number of hydrogen-bond acceptors (Lipinski definition) is 2. The number of benzene rings is 1. The fraction of sp³-hybridized carbons (Fsp3) is 0.625. The minimum absolute atomic E-state index is 0.0704. The molecule has 0 aliphatic heterocycles. The maximum Gasteiger partial charge on any atom is 0.0949 e. The fourth-order valence-corrected chi connectivity index (χ4v) is 1.96. The molecule has 2 nitrogen and oxygen atoms in total. The summed E-state index contributed by atoms with van der Waals surface area (Å²) in [6, 6.07) is 7.93. The summed E-state index contributed by atoms with van der Waals surface area (Å²) in [4.78, 5) is 0. The minimum atomic E-state index is 0.0704. The van der Waals surface area contributed by atoms with Crippen molar-refractivity contribution in [1.82, 2.24) is 5.32 Å². The molecule has 0 aromatic heterocycles. The van der Waals surface area contributed by atoms with Crippen LogP contribution >= 0.6 is 11.6 Å². The molecule has 0 spiro atoms. The van der Waals surface area contributed by atoms with E-state index < -0.39 is 0 Å². The van der Waals surface area contributed by atoms with Gasteiger partial charge in [0.05, 0.1) is 6.10 Å². The van der Waals surface area contributed by atoms with Crippen LogP contribution in [0.15, 0.2) is 24.3 Å². The van der Waals surface area contributed by atoms with Crippen LogP contribution in [0.3, 0.4) is 0 Å². The molecule has 0 aliphatic rings. The van der Waals surface area contributed by atoms with Gasteiger partial charge in [0.25, 0.3) is 0 Å². The summed E-state index contributed by atoms with van der Waals surface area (Å²) in [5, 5.41) is 4.11. The number of hydrogen-bond donors (Lipinski definition) is 1. The smallest absolute Gasteiger partial charge is 0.0949 e. The number of likely N-dealkylation sites (N-methyl/N-ethyl adjacent to an activating group) is 1. The average molecular weight is 284 g/mol. The van der Waals surface area contributed by atoms with E-state index in [0.717, 1.165) is 36.7 Å². The lowest BCUT2D eigenvalue weighted by Gasteiger charge is -2.23. The lowest BCUT2D eigenvalue weighted by Crippen LogP contribution is -2.24. The zero-order valence-corrected chi connectivity index (χ0v) is 13.3. The number of nitrogens with one attached hydrogen (secondary N) is 1. The molecule has 0 saturated heterocycles. The molecule has 0 amide bonds. The lowest BCUT2D eigenvalue weighted by molar-refractivity contribution is 0.0373. The second-order valence-electron chi connectivity index (χ2n) is 6.03. The van der Waals surface area contributed by atoms with Crippen molar-refractivity contribution in [3.8, 4) is 0 Å². The Bertz CT molecular complexity index is 373. The van der Waals surface area contributed by atoms with Crippen LogP contribution in [-0.2, 0) is 4.74 Å². The van der Waals surface area contributed by atoms with Crippen LogP contribution in [0.1, 0.15) is 45.8 Å². The number of halogens is 1. The predicted molar refractivity (Wildman–Crippen MR) is 82.8 cm³/mol. The second-order valence-corrected chi connectivity index (χ2v) is 6.47. The van der Waals surface area contributed by atoms with Gasteiger partial charge < -0.3 is 10.1 Å². The summed E-state index contributed by atoms with van der Waals surface area (Å²) in [6.07, 6.45) is 1.12. The van der Waals surface area contributed by atoms with E-state index in [2.05, 4.69) is 39.1 Å². The Hall–Kier alpha value is -0.570. The molecule has 0 heterocycles. The van der Waals surface area contributed by atoms with E-state index in [1.165, 1.54) is 0 Å². The van der Waals surface area contributed by atoms with Gasteiger partial charge in [0, 0.05) is 18.2 Å². The molecule has 19 heavy (non-hydrogen) atoms. The molecule has 1 N–H and O–H groups in total. The zero-order valence-electron chi connectivity index (χ0n) is 12.5. The predicted octanol–water partition coefficient (Wildman–Crippen LogP) is 4.44. The van der Waals surface area contributed by atoms with Crippen molar-refractivity contribution in [3.05, 3.63) is 34.9 Å². The molecule has 1 aromatic carbocycles. The van der Waals surface area contributed by atoms with Gasteiger partial charge in [0.1, 0.15) is 0 Å². The third kappa shape index (κ3) is 6.95. The summed E-state index contributed by atoms with van der Waals surface area (Å²) < 4.78 is 6.04. The Morgan fingerprint density at radius 3 is 2.63 bits per heavy atom. The van der Waals surface area contributed by atoms with Crippen molar-refractivity contribution in [3.63, 3.8) is 0 Å². The number of rotatable bonds is 7. The van der Waals surface area contributed by atoms with Crippen LogP contribution in [0.5, 0.6) is 0 Å². The first kappa shape index (κ1) is 16.5. The molecule has 1 unspecified atom stereocenters. The van der Waals surface area contributed by atoms with Crippen molar-refractivity contribution in [1.29, 1.82) is 0 Å². The highest BCUT2D eigenvalue weighted by Gasteiger charge is 2.15. The molecule has 0 bridgehead atoms. The van der Waals surface area contributed by atoms with Gasteiger partial charge in [0.15, 0.2) is 0 Å². The molecule has 0 aliphatic carbocycles. The van der Waals surface area contributed by atoms with Crippen LogP contribution in [0.2, 0.25) is 5.02 Å². The first-order valence-electron chi connectivity index (χ1n) is 7.00. The van der Waals surface area contributed by atoms with Gasteiger partial charge in [-0.05, 0) is 36.1 Å². The molecule has 0 radical (unpaired) electrons. The summed E-state index contributed by atoms with van der Waals surface area (Å²) in [6.45, 7) is 11.3. The Morgan fingerprint density at radius 1 is 1.32 bits per heavy atom. The van der Waals surface area contributed by atoms with Crippen LogP contribution in [0.25, 0.3) is 0 Å². The van der Waals surface area contributed by atoms with Crippen LogP contribution in [0.4, 0.5) is 0 Å². The molecular weight excluding hydrogens is 258 g/mol. The fourth-order valence-electron chi connectivity index (χ4n) is 1.76. The topological polar surface area (TPSA) is 21.3 Å². The maximum absolute atomic E-state index is 6.05. The van der Waals surface area contributed by atoms with Gasteiger partial charge in [-0.25, -0.2) is 0 Å². The first-order valence-corrected chi connectivity index (χ1v) is 7.38. The second kappa shape index (κ2) is 7.88. The summed E-state index contributed by atoms with van der Waals surface area (Å²) in [7, 11) is 0. The van der Waals surface area contributed by atoms with E-state index in [1.807, 2.05) is 18.2 Å². The maximum atomic E-state index is 6.05. The SMILES string of the molecule is CCNCC(OCCC(C)(C)C)c1cccc(Cl)c1. The van der Waals surface area contributed by atoms with Crippen LogP contribution in [0, 0.1) is 5.41 Å². The van der Waals surface area contributed by atoms with Gasteiger partial charge in [-0.3, -0.25) is 0 Å². The Labute approximate surface area is 122 Å². The molecule has 0 saturated carbocycles. The quantitative estimate of drug-likeness (QED) is 0.798. The van der Waals surface area contributed by atoms with Gasteiger partial charge in [-0.15, -0.1) is 0 Å². The van der Waals surface area contributed by atoms with E-state index in [-0.39, 0.29) is 6.10 Å². The molecule has 1 atom stereocenters. The Balaban J connectivity index is 2.61. The standard InChI is InChI=1S/C16H26ClNO/c1-5-18-12-15(19-10-9-16(2,3)4)13-7-6-8-14(17)11-13/h6-8,11,15,18H,5,9-10,12H2,1-4H3. The van der Waals surface area contributed by atoms with Crippen LogP contribution in [-0.4, -0.2) is 19.7 Å². The molecule has 108 valence electrons. The molecule has 3 heteroatoms. The molecule has 0 fully saturated rings. The number of ether oxygens (including phenoxy) is 1. The summed E-state index contributed by atoms with van der Waals surface area (Å²) in [5.74, 6) is 0. The first-order chi connectivity index (χ1) is 8.92. The van der Waals surface area contributed by atoms with Gasteiger partial charge in [-0.1, -0.05) is 51.4 Å². The third-order valence-electron chi connectivity index (χ3n) is 2.97. The van der Waals surface area contributed by atoms with Crippen molar-refractivity contribution in [2.75, 3.05) is 19.7 Å². The Kier molecular flexibility index (Phi) is 6.84. The van der Waals surface area contributed by atoms with Crippen molar-refractivity contribution >= 4 is 11.6 Å². The monoisotopic (exact) mass is 283 g/mol. The van der Waals surface area contributed by atoms with E-state index in [4.69, 9.17) is 16.3 Å². The van der Waals surface area contributed by atoms with E-state index in [9.17, 15) is 0 Å². The largest absolute Gasteiger partial charge is 0.372 e. The summed E-state index contributed by atoms with van der Waals surface area (Å²) in [5.41, 5.74) is 1.44. The highest BCUT2D eigenvalue weighted by Crippen LogP contribution is 2.23. The van der Waals surface area contributed by atoms with Crippen molar-refractivity contribution < 1.29 is 4.74 Å². The zero-order chi connectivity index (χ0) is 14.3. The van der Waals surface area contributed by atoms with Gasteiger partial charge >= 0.3 is 0 Å².